The van der Waals surface area contributed by atoms with Crippen LogP contribution < -0.4 is 10.6 Å². The number of carbonyl (C=O) groups excluding carboxylic acids is 1. The molecule has 0 unspecified atom stereocenters. The van der Waals surface area contributed by atoms with Crippen LogP contribution in [0.25, 0.3) is 0 Å². The summed E-state index contributed by atoms with van der Waals surface area (Å²) in [5, 5.41) is 0. The molecule has 0 aliphatic carbocycles. The maximum Gasteiger partial charge on any atom is 0.416 e. The standard InChI is InChI=1S/C14H8Br2F3N3O/c15-9-8-5-22(13(23)11(8)21-12(16)10(9)20)7-3-1-2-6(4-7)14(17,18)19/h1-4H,5,20H2. The minimum absolute atomic E-state index is 0.0978. The van der Waals surface area contributed by atoms with Crippen LogP contribution in [0.15, 0.2) is 33.3 Å². The first-order valence-corrected chi connectivity index (χ1v) is 7.91. The number of hydrogen-bond acceptors (Lipinski definition) is 3. The molecule has 0 saturated heterocycles. The molecule has 1 aromatic carbocycles. The summed E-state index contributed by atoms with van der Waals surface area (Å²) in [5.41, 5.74) is 6.22. The van der Waals surface area contributed by atoms with E-state index in [0.29, 0.717) is 20.3 Å². The Morgan fingerprint density at radius 1 is 1.26 bits per heavy atom. The number of amides is 1. The molecule has 1 aliphatic rings. The third-order valence-corrected chi connectivity index (χ3v) is 4.98. The molecule has 0 bridgehead atoms. The van der Waals surface area contributed by atoms with E-state index in [1.807, 2.05) is 0 Å². The first kappa shape index (κ1) is 16.3. The van der Waals surface area contributed by atoms with Crippen molar-refractivity contribution in [3.63, 3.8) is 0 Å². The van der Waals surface area contributed by atoms with Gasteiger partial charge in [0.05, 0.1) is 22.3 Å². The van der Waals surface area contributed by atoms with Crippen molar-refractivity contribution >= 4 is 49.1 Å². The molecular weight excluding hydrogens is 443 g/mol. The third kappa shape index (κ3) is 2.72. The topological polar surface area (TPSA) is 59.2 Å². The lowest BCUT2D eigenvalue weighted by atomic mass is 10.2. The molecule has 2 aromatic rings. The van der Waals surface area contributed by atoms with Crippen LogP contribution in [-0.2, 0) is 12.7 Å². The molecule has 0 spiro atoms. The smallest absolute Gasteiger partial charge is 0.396 e. The summed E-state index contributed by atoms with van der Waals surface area (Å²) in [6.45, 7) is 0.0978. The lowest BCUT2D eigenvalue weighted by Gasteiger charge is -2.17. The van der Waals surface area contributed by atoms with Crippen molar-refractivity contribution in [1.29, 1.82) is 0 Å². The fourth-order valence-electron chi connectivity index (χ4n) is 2.32. The van der Waals surface area contributed by atoms with Crippen LogP contribution in [0.4, 0.5) is 24.5 Å². The molecule has 2 heterocycles. The van der Waals surface area contributed by atoms with Crippen molar-refractivity contribution in [3.8, 4) is 0 Å². The number of nitrogens with zero attached hydrogens (tertiary/aromatic N) is 2. The minimum Gasteiger partial charge on any atom is -0.396 e. The number of halogens is 5. The normalized spacial score (nSPS) is 14.3. The van der Waals surface area contributed by atoms with Crippen molar-refractivity contribution in [2.45, 2.75) is 12.7 Å². The van der Waals surface area contributed by atoms with E-state index in [2.05, 4.69) is 36.8 Å². The fourth-order valence-corrected chi connectivity index (χ4v) is 3.46. The number of pyridine rings is 1. The Hall–Kier alpha value is -1.61. The first-order valence-electron chi connectivity index (χ1n) is 6.32. The highest BCUT2D eigenvalue weighted by molar-refractivity contribution is 9.11. The van der Waals surface area contributed by atoms with Crippen molar-refractivity contribution in [3.05, 3.63) is 50.2 Å². The zero-order chi connectivity index (χ0) is 16.9. The predicted molar refractivity (Wildman–Crippen MR) is 86.0 cm³/mol. The Labute approximate surface area is 145 Å². The van der Waals surface area contributed by atoms with E-state index < -0.39 is 17.6 Å². The predicted octanol–water partition coefficient (Wildman–Crippen LogP) is 4.37. The van der Waals surface area contributed by atoms with Gasteiger partial charge in [0, 0.05) is 11.3 Å². The number of anilines is 2. The minimum atomic E-state index is -4.47. The average Bonchev–Trinajstić information content (AvgIpc) is 2.82. The summed E-state index contributed by atoms with van der Waals surface area (Å²) in [6, 6.07) is 4.61. The molecule has 0 atom stereocenters. The molecule has 1 aromatic heterocycles. The van der Waals surface area contributed by atoms with Crippen LogP contribution >= 0.6 is 31.9 Å². The summed E-state index contributed by atoms with van der Waals surface area (Å²) in [4.78, 5) is 17.8. The van der Waals surface area contributed by atoms with Crippen molar-refractivity contribution < 1.29 is 18.0 Å². The largest absolute Gasteiger partial charge is 0.416 e. The van der Waals surface area contributed by atoms with Gasteiger partial charge in [-0.2, -0.15) is 13.2 Å². The van der Waals surface area contributed by atoms with Gasteiger partial charge in [-0.3, -0.25) is 4.79 Å². The van der Waals surface area contributed by atoms with Gasteiger partial charge < -0.3 is 10.6 Å². The Balaban J connectivity index is 2.05. The van der Waals surface area contributed by atoms with Crippen LogP contribution in [0.3, 0.4) is 0 Å². The summed E-state index contributed by atoms with van der Waals surface area (Å²) < 4.78 is 39.3. The SMILES string of the molecule is Nc1c(Br)nc2c(c1Br)CN(c1cccc(C(F)(F)F)c1)C2=O. The lowest BCUT2D eigenvalue weighted by Crippen LogP contribution is -2.23. The van der Waals surface area contributed by atoms with Crippen molar-refractivity contribution in [2.24, 2.45) is 0 Å². The van der Waals surface area contributed by atoms with Gasteiger partial charge in [-0.1, -0.05) is 6.07 Å². The van der Waals surface area contributed by atoms with Crippen molar-refractivity contribution in [1.82, 2.24) is 4.98 Å². The monoisotopic (exact) mass is 449 g/mol. The summed E-state index contributed by atoms with van der Waals surface area (Å²) in [7, 11) is 0. The van der Waals surface area contributed by atoms with Gasteiger partial charge in [-0.25, -0.2) is 4.98 Å². The second kappa shape index (κ2) is 5.48. The van der Waals surface area contributed by atoms with Gasteiger partial charge in [0.1, 0.15) is 10.3 Å². The number of fused-ring (bicyclic) bond motifs is 1. The second-order valence-corrected chi connectivity index (χ2v) is 6.44. The molecular formula is C14H8Br2F3N3O. The summed E-state index contributed by atoms with van der Waals surface area (Å²) >= 11 is 6.46. The molecule has 3 rings (SSSR count). The maximum atomic E-state index is 12.8. The molecule has 120 valence electrons. The van der Waals surface area contributed by atoms with Crippen LogP contribution in [0.2, 0.25) is 0 Å². The summed E-state index contributed by atoms with van der Waals surface area (Å²) in [6.07, 6.45) is -4.47. The van der Waals surface area contributed by atoms with E-state index in [1.54, 1.807) is 0 Å². The molecule has 0 radical (unpaired) electrons. The number of aromatic nitrogens is 1. The van der Waals surface area contributed by atoms with E-state index >= 15 is 0 Å². The van der Waals surface area contributed by atoms with Crippen LogP contribution in [0.1, 0.15) is 21.6 Å². The maximum absolute atomic E-state index is 12.8. The molecule has 1 amide bonds. The molecule has 0 fully saturated rings. The van der Waals surface area contributed by atoms with E-state index in [1.165, 1.54) is 17.0 Å². The zero-order valence-corrected chi connectivity index (χ0v) is 14.5. The van der Waals surface area contributed by atoms with E-state index in [-0.39, 0.29) is 17.9 Å². The van der Waals surface area contributed by atoms with Gasteiger partial charge in [0.25, 0.3) is 5.91 Å². The third-order valence-electron chi connectivity index (χ3n) is 3.47. The van der Waals surface area contributed by atoms with Gasteiger partial charge in [-0.15, -0.1) is 0 Å². The van der Waals surface area contributed by atoms with Gasteiger partial charge >= 0.3 is 6.18 Å². The number of nitrogen functional groups attached to an aromatic ring is 1. The van der Waals surface area contributed by atoms with E-state index in [9.17, 15) is 18.0 Å². The number of hydrogen-bond donors (Lipinski definition) is 1. The molecule has 23 heavy (non-hydrogen) atoms. The van der Waals surface area contributed by atoms with Crippen LogP contribution in [0.5, 0.6) is 0 Å². The second-order valence-electron chi connectivity index (χ2n) is 4.90. The molecule has 2 N–H and O–H groups in total. The number of rotatable bonds is 1. The van der Waals surface area contributed by atoms with Gasteiger partial charge in [-0.05, 0) is 50.1 Å². The number of nitrogens with two attached hydrogens (primary N) is 1. The van der Waals surface area contributed by atoms with Gasteiger partial charge in [0.2, 0.25) is 0 Å². The Bertz CT molecular complexity index is 824. The average molecular weight is 451 g/mol. The fraction of sp³-hybridized carbons (Fsp3) is 0.143. The Kier molecular flexibility index (Phi) is 3.88. The zero-order valence-electron chi connectivity index (χ0n) is 11.3. The molecule has 1 aliphatic heterocycles. The van der Waals surface area contributed by atoms with Crippen molar-refractivity contribution in [2.75, 3.05) is 10.6 Å². The number of alkyl halides is 3. The van der Waals surface area contributed by atoms with E-state index in [0.717, 1.165) is 12.1 Å². The number of benzene rings is 1. The highest BCUT2D eigenvalue weighted by Crippen LogP contribution is 2.39. The molecule has 4 nitrogen and oxygen atoms in total. The first-order chi connectivity index (χ1) is 10.7. The lowest BCUT2D eigenvalue weighted by molar-refractivity contribution is -0.137. The van der Waals surface area contributed by atoms with Crippen LogP contribution in [0, 0.1) is 0 Å². The van der Waals surface area contributed by atoms with Gasteiger partial charge in [0.15, 0.2) is 0 Å². The Morgan fingerprint density at radius 3 is 2.61 bits per heavy atom. The quantitative estimate of drug-likeness (QED) is 0.656. The highest BCUT2D eigenvalue weighted by atomic mass is 79.9. The molecule has 0 saturated carbocycles. The summed E-state index contributed by atoms with van der Waals surface area (Å²) in [5.74, 6) is -0.472. The number of carbonyl (C=O) groups is 1. The molecule has 9 heteroatoms. The Morgan fingerprint density at radius 2 is 1.96 bits per heavy atom. The highest BCUT2D eigenvalue weighted by Gasteiger charge is 2.35. The van der Waals surface area contributed by atoms with E-state index in [4.69, 9.17) is 5.73 Å². The van der Waals surface area contributed by atoms with Crippen LogP contribution in [-0.4, -0.2) is 10.9 Å².